The quantitative estimate of drug-likeness (QED) is 0.898. The van der Waals surface area contributed by atoms with Gasteiger partial charge in [0.25, 0.3) is 0 Å². The summed E-state index contributed by atoms with van der Waals surface area (Å²) in [7, 11) is 0. The van der Waals surface area contributed by atoms with Crippen LogP contribution in [-0.4, -0.2) is 37.4 Å². The molecule has 3 nitrogen and oxygen atoms in total. The minimum Gasteiger partial charge on any atom is -0.396 e. The van der Waals surface area contributed by atoms with E-state index in [9.17, 15) is 5.11 Å². The Morgan fingerprint density at radius 2 is 2.28 bits per heavy atom. The van der Waals surface area contributed by atoms with E-state index < -0.39 is 0 Å². The lowest BCUT2D eigenvalue weighted by atomic mass is 10.1. The molecule has 2 N–H and O–H groups in total. The smallest absolute Gasteiger partial charge is 0.0451 e. The summed E-state index contributed by atoms with van der Waals surface area (Å²) in [6.07, 6.45) is 0.812. The summed E-state index contributed by atoms with van der Waals surface area (Å²) in [5, 5.41) is 12.7. The van der Waals surface area contributed by atoms with E-state index in [1.165, 1.54) is 5.69 Å². The first-order valence-electron chi connectivity index (χ1n) is 6.54. The lowest BCUT2D eigenvalue weighted by Gasteiger charge is -2.32. The topological polar surface area (TPSA) is 35.5 Å². The second-order valence-corrected chi connectivity index (χ2v) is 5.98. The lowest BCUT2D eigenvalue weighted by molar-refractivity contribution is 0.272. The number of hydrogen-bond donors (Lipinski definition) is 2. The number of halogens is 1. The molecule has 0 aliphatic carbocycles. The summed E-state index contributed by atoms with van der Waals surface area (Å²) in [4.78, 5) is 2.42. The third kappa shape index (κ3) is 3.46. The van der Waals surface area contributed by atoms with E-state index in [1.807, 2.05) is 6.07 Å². The first-order valence-corrected chi connectivity index (χ1v) is 7.34. The van der Waals surface area contributed by atoms with E-state index in [2.05, 4.69) is 51.3 Å². The Hall–Kier alpha value is -0.580. The SMILES string of the molecule is CC1CNCC(CCO)N(c2cccc(Br)c2)C1. The Labute approximate surface area is 117 Å². The minimum absolute atomic E-state index is 0.241. The van der Waals surface area contributed by atoms with Gasteiger partial charge < -0.3 is 15.3 Å². The molecule has 2 unspecified atom stereocenters. The van der Waals surface area contributed by atoms with E-state index in [4.69, 9.17) is 0 Å². The summed E-state index contributed by atoms with van der Waals surface area (Å²) in [6.45, 7) is 5.53. The van der Waals surface area contributed by atoms with Gasteiger partial charge in [-0.25, -0.2) is 0 Å². The van der Waals surface area contributed by atoms with Crippen molar-refractivity contribution in [3.8, 4) is 0 Å². The number of aliphatic hydroxyl groups is 1. The van der Waals surface area contributed by atoms with Crippen LogP contribution in [0.1, 0.15) is 13.3 Å². The van der Waals surface area contributed by atoms with Crippen molar-refractivity contribution in [3.05, 3.63) is 28.7 Å². The number of rotatable bonds is 3. The Balaban J connectivity index is 2.23. The average molecular weight is 313 g/mol. The number of hydrogen-bond acceptors (Lipinski definition) is 3. The lowest BCUT2D eigenvalue weighted by Crippen LogP contribution is -2.41. The Morgan fingerprint density at radius 3 is 3.00 bits per heavy atom. The highest BCUT2D eigenvalue weighted by Gasteiger charge is 2.23. The van der Waals surface area contributed by atoms with Crippen molar-refractivity contribution in [2.24, 2.45) is 5.92 Å². The standard InChI is InChI=1S/C14H21BrN2O/c1-11-8-16-9-14(5-6-18)17(10-11)13-4-2-3-12(15)7-13/h2-4,7,11,14,16,18H,5-6,8-10H2,1H3. The first kappa shape index (κ1) is 13.8. The molecule has 100 valence electrons. The first-order chi connectivity index (χ1) is 8.70. The number of anilines is 1. The summed E-state index contributed by atoms with van der Waals surface area (Å²) in [5.74, 6) is 0.618. The zero-order valence-corrected chi connectivity index (χ0v) is 12.4. The zero-order valence-electron chi connectivity index (χ0n) is 10.8. The fraction of sp³-hybridized carbons (Fsp3) is 0.571. The zero-order chi connectivity index (χ0) is 13.0. The fourth-order valence-corrected chi connectivity index (χ4v) is 2.92. The van der Waals surface area contributed by atoms with Crippen LogP contribution in [-0.2, 0) is 0 Å². The van der Waals surface area contributed by atoms with E-state index in [1.54, 1.807) is 0 Å². The Kier molecular flexibility index (Phi) is 5.03. The third-order valence-electron chi connectivity index (χ3n) is 3.42. The molecule has 0 radical (unpaired) electrons. The third-order valence-corrected chi connectivity index (χ3v) is 3.92. The molecular formula is C14H21BrN2O. The summed E-state index contributed by atoms with van der Waals surface area (Å²) >= 11 is 3.53. The van der Waals surface area contributed by atoms with Gasteiger partial charge in [-0.1, -0.05) is 28.9 Å². The van der Waals surface area contributed by atoms with Crippen LogP contribution < -0.4 is 10.2 Å². The van der Waals surface area contributed by atoms with Crippen LogP contribution in [0.4, 0.5) is 5.69 Å². The second-order valence-electron chi connectivity index (χ2n) is 5.06. The fourth-order valence-electron chi connectivity index (χ4n) is 2.53. The largest absolute Gasteiger partial charge is 0.396 e. The van der Waals surface area contributed by atoms with E-state index in [0.29, 0.717) is 12.0 Å². The molecule has 1 fully saturated rings. The van der Waals surface area contributed by atoms with Crippen molar-refractivity contribution in [2.75, 3.05) is 31.1 Å². The van der Waals surface area contributed by atoms with Gasteiger partial charge >= 0.3 is 0 Å². The molecule has 2 atom stereocenters. The number of nitrogens with one attached hydrogen (secondary N) is 1. The van der Waals surface area contributed by atoms with Crippen molar-refractivity contribution in [2.45, 2.75) is 19.4 Å². The molecule has 0 amide bonds. The van der Waals surface area contributed by atoms with Crippen molar-refractivity contribution >= 4 is 21.6 Å². The molecule has 0 saturated carbocycles. The Morgan fingerprint density at radius 1 is 1.44 bits per heavy atom. The van der Waals surface area contributed by atoms with Crippen molar-refractivity contribution in [1.29, 1.82) is 0 Å². The predicted molar refractivity (Wildman–Crippen MR) is 79.0 cm³/mol. The van der Waals surface area contributed by atoms with Gasteiger partial charge in [0.1, 0.15) is 0 Å². The highest BCUT2D eigenvalue weighted by molar-refractivity contribution is 9.10. The maximum atomic E-state index is 9.23. The molecule has 4 heteroatoms. The molecule has 1 heterocycles. The minimum atomic E-state index is 0.241. The van der Waals surface area contributed by atoms with Gasteiger partial charge in [-0.3, -0.25) is 0 Å². The summed E-state index contributed by atoms with van der Waals surface area (Å²) < 4.78 is 1.10. The maximum absolute atomic E-state index is 9.23. The van der Waals surface area contributed by atoms with E-state index >= 15 is 0 Å². The summed E-state index contributed by atoms with van der Waals surface area (Å²) in [5.41, 5.74) is 1.23. The molecule has 1 aromatic rings. The number of nitrogens with zero attached hydrogens (tertiary/aromatic N) is 1. The number of aliphatic hydroxyl groups excluding tert-OH is 1. The molecule has 1 aliphatic heterocycles. The molecule has 0 bridgehead atoms. The van der Waals surface area contributed by atoms with Crippen molar-refractivity contribution in [3.63, 3.8) is 0 Å². The Bertz CT molecular complexity index is 386. The maximum Gasteiger partial charge on any atom is 0.0451 e. The van der Waals surface area contributed by atoms with Gasteiger partial charge in [0.2, 0.25) is 0 Å². The predicted octanol–water partition coefficient (Wildman–Crippen LogP) is 2.25. The van der Waals surface area contributed by atoms with Gasteiger partial charge in [-0.05, 0) is 37.1 Å². The van der Waals surface area contributed by atoms with E-state index in [0.717, 1.165) is 30.5 Å². The molecule has 1 saturated heterocycles. The van der Waals surface area contributed by atoms with Crippen LogP contribution in [0.3, 0.4) is 0 Å². The summed E-state index contributed by atoms with van der Waals surface area (Å²) in [6, 6.07) is 8.78. The average Bonchev–Trinajstić information content (AvgIpc) is 2.52. The normalized spacial score (nSPS) is 24.9. The van der Waals surface area contributed by atoms with Crippen LogP contribution in [0.5, 0.6) is 0 Å². The second kappa shape index (κ2) is 6.55. The van der Waals surface area contributed by atoms with Gasteiger partial charge in [0.05, 0.1) is 0 Å². The highest BCUT2D eigenvalue weighted by atomic mass is 79.9. The van der Waals surface area contributed by atoms with E-state index in [-0.39, 0.29) is 6.61 Å². The van der Waals surface area contributed by atoms with Crippen LogP contribution in [0, 0.1) is 5.92 Å². The van der Waals surface area contributed by atoms with Crippen LogP contribution in [0.25, 0.3) is 0 Å². The van der Waals surface area contributed by atoms with Crippen molar-refractivity contribution in [1.82, 2.24) is 5.32 Å². The van der Waals surface area contributed by atoms with Crippen LogP contribution in [0.2, 0.25) is 0 Å². The van der Waals surface area contributed by atoms with Crippen LogP contribution >= 0.6 is 15.9 Å². The monoisotopic (exact) mass is 312 g/mol. The highest BCUT2D eigenvalue weighted by Crippen LogP contribution is 2.24. The van der Waals surface area contributed by atoms with Gasteiger partial charge in [0.15, 0.2) is 0 Å². The van der Waals surface area contributed by atoms with Gasteiger partial charge in [0, 0.05) is 35.9 Å². The van der Waals surface area contributed by atoms with Gasteiger partial charge in [-0.15, -0.1) is 0 Å². The number of benzene rings is 1. The van der Waals surface area contributed by atoms with Gasteiger partial charge in [-0.2, -0.15) is 0 Å². The molecule has 0 spiro atoms. The van der Waals surface area contributed by atoms with Crippen LogP contribution in [0.15, 0.2) is 28.7 Å². The molecule has 1 aliphatic rings. The molecule has 2 rings (SSSR count). The van der Waals surface area contributed by atoms with Crippen molar-refractivity contribution < 1.29 is 5.11 Å². The molecule has 1 aromatic carbocycles. The molecule has 0 aromatic heterocycles. The molecule has 18 heavy (non-hydrogen) atoms. The molecular weight excluding hydrogens is 292 g/mol.